The number of likely N-dealkylation sites (tertiary alicyclic amines) is 1. The predicted octanol–water partition coefficient (Wildman–Crippen LogP) is 4.92. The van der Waals surface area contributed by atoms with Crippen LogP contribution < -0.4 is 0 Å². The third kappa shape index (κ3) is 3.85. The first-order valence-electron chi connectivity index (χ1n) is 8.32. The number of hydrogen-bond acceptors (Lipinski definition) is 3. The van der Waals surface area contributed by atoms with Gasteiger partial charge >= 0.3 is 6.09 Å². The number of carbonyl (C=O) groups is 1. The number of aromatic nitrogens is 1. The summed E-state index contributed by atoms with van der Waals surface area (Å²) in [5, 5.41) is 0. The van der Waals surface area contributed by atoms with Crippen molar-refractivity contribution in [2.45, 2.75) is 38.8 Å². The summed E-state index contributed by atoms with van der Waals surface area (Å²) in [6.07, 6.45) is 2.83. The number of rotatable bonds is 3. The van der Waals surface area contributed by atoms with Crippen LogP contribution in [0.3, 0.4) is 0 Å². The van der Waals surface area contributed by atoms with Crippen molar-refractivity contribution < 1.29 is 9.53 Å². The molecular formula is C19H22N2O2S. The standard InChI is InChI=1S/C19H22N2O2S/c1-14-16(10-11-18(24)20-14)17-9-5-6-12-21(17)19(22)23-13-15-7-3-2-4-8-15/h2-4,7-8,10-11,17H,5-6,9,12-13H2,1H3,(H,20,24)/t17-/m1/s1. The Bertz CT molecular complexity index is 757. The molecule has 1 aromatic carbocycles. The Morgan fingerprint density at radius 1 is 1.25 bits per heavy atom. The molecule has 1 amide bonds. The number of hydrogen-bond donors (Lipinski definition) is 1. The smallest absolute Gasteiger partial charge is 0.410 e. The van der Waals surface area contributed by atoms with Gasteiger partial charge in [0.15, 0.2) is 0 Å². The van der Waals surface area contributed by atoms with Crippen molar-refractivity contribution in [1.29, 1.82) is 0 Å². The van der Waals surface area contributed by atoms with Crippen LogP contribution in [0.4, 0.5) is 4.79 Å². The van der Waals surface area contributed by atoms with Crippen LogP contribution in [0.5, 0.6) is 0 Å². The molecule has 126 valence electrons. The van der Waals surface area contributed by atoms with E-state index in [1.807, 2.05) is 54.3 Å². The minimum absolute atomic E-state index is 0.0499. The summed E-state index contributed by atoms with van der Waals surface area (Å²) in [4.78, 5) is 17.6. The van der Waals surface area contributed by atoms with Crippen LogP contribution in [0.2, 0.25) is 0 Å². The van der Waals surface area contributed by atoms with E-state index in [0.717, 1.165) is 42.6 Å². The van der Waals surface area contributed by atoms with Crippen LogP contribution in [0.15, 0.2) is 42.5 Å². The van der Waals surface area contributed by atoms with Crippen LogP contribution in [-0.4, -0.2) is 22.5 Å². The van der Waals surface area contributed by atoms with Gasteiger partial charge in [-0.1, -0.05) is 48.6 Å². The molecule has 3 rings (SSSR count). The quantitative estimate of drug-likeness (QED) is 0.806. The topological polar surface area (TPSA) is 45.3 Å². The SMILES string of the molecule is Cc1[nH]c(=S)ccc1[C@H]1CCCCN1C(=O)OCc1ccccc1. The van der Waals surface area contributed by atoms with E-state index in [9.17, 15) is 4.79 Å². The summed E-state index contributed by atoms with van der Waals surface area (Å²) in [5.41, 5.74) is 3.15. The summed E-state index contributed by atoms with van der Waals surface area (Å²) in [6, 6.07) is 13.7. The van der Waals surface area contributed by atoms with Gasteiger partial charge in [0.1, 0.15) is 11.2 Å². The molecule has 0 bridgehead atoms. The third-order valence-electron chi connectivity index (χ3n) is 4.46. The number of piperidine rings is 1. The van der Waals surface area contributed by atoms with Crippen molar-refractivity contribution in [3.05, 3.63) is 63.9 Å². The number of ether oxygens (including phenoxy) is 1. The van der Waals surface area contributed by atoms with Crippen molar-refractivity contribution in [3.63, 3.8) is 0 Å². The largest absolute Gasteiger partial charge is 0.445 e. The zero-order valence-corrected chi connectivity index (χ0v) is 14.6. The number of H-pyrrole nitrogens is 1. The van der Waals surface area contributed by atoms with E-state index in [4.69, 9.17) is 17.0 Å². The van der Waals surface area contributed by atoms with Crippen molar-refractivity contribution in [2.75, 3.05) is 6.54 Å². The van der Waals surface area contributed by atoms with Gasteiger partial charge in [-0.2, -0.15) is 0 Å². The zero-order chi connectivity index (χ0) is 16.9. The Labute approximate surface area is 147 Å². The molecule has 1 aliphatic rings. The minimum Gasteiger partial charge on any atom is -0.445 e. The maximum atomic E-state index is 12.6. The number of amides is 1. The second-order valence-corrected chi connectivity index (χ2v) is 6.59. The molecule has 24 heavy (non-hydrogen) atoms. The fourth-order valence-corrected chi connectivity index (χ4v) is 3.45. The maximum Gasteiger partial charge on any atom is 0.410 e. The van der Waals surface area contributed by atoms with Gasteiger partial charge in [-0.05, 0) is 43.4 Å². The molecule has 0 unspecified atom stereocenters. The van der Waals surface area contributed by atoms with Crippen molar-refractivity contribution in [1.82, 2.24) is 9.88 Å². The molecule has 0 spiro atoms. The molecular weight excluding hydrogens is 320 g/mol. The highest BCUT2D eigenvalue weighted by Crippen LogP contribution is 2.32. The summed E-state index contributed by atoms with van der Waals surface area (Å²) >= 11 is 5.18. The monoisotopic (exact) mass is 342 g/mol. The van der Waals surface area contributed by atoms with Gasteiger partial charge in [0.05, 0.1) is 6.04 Å². The molecule has 1 atom stereocenters. The number of benzene rings is 1. The lowest BCUT2D eigenvalue weighted by Gasteiger charge is -2.35. The maximum absolute atomic E-state index is 12.6. The highest BCUT2D eigenvalue weighted by Gasteiger charge is 2.30. The second kappa shape index (κ2) is 7.62. The molecule has 0 saturated carbocycles. The fraction of sp³-hybridized carbons (Fsp3) is 0.368. The summed E-state index contributed by atoms with van der Waals surface area (Å²) < 4.78 is 6.25. The molecule has 1 N–H and O–H groups in total. The van der Waals surface area contributed by atoms with E-state index in [1.165, 1.54) is 0 Å². The summed E-state index contributed by atoms with van der Waals surface area (Å²) in [6.45, 7) is 3.04. The first kappa shape index (κ1) is 16.7. The van der Waals surface area contributed by atoms with Gasteiger partial charge in [0.25, 0.3) is 0 Å². The van der Waals surface area contributed by atoms with Crippen LogP contribution in [0.1, 0.15) is 42.1 Å². The minimum atomic E-state index is -0.245. The molecule has 5 heteroatoms. The van der Waals surface area contributed by atoms with E-state index < -0.39 is 0 Å². The first-order valence-corrected chi connectivity index (χ1v) is 8.73. The average molecular weight is 342 g/mol. The van der Waals surface area contributed by atoms with E-state index in [2.05, 4.69) is 4.98 Å². The lowest BCUT2D eigenvalue weighted by Crippen LogP contribution is -2.39. The molecule has 0 radical (unpaired) electrons. The van der Waals surface area contributed by atoms with E-state index >= 15 is 0 Å². The van der Waals surface area contributed by atoms with Gasteiger partial charge < -0.3 is 14.6 Å². The lowest BCUT2D eigenvalue weighted by molar-refractivity contribution is 0.0677. The van der Waals surface area contributed by atoms with E-state index in [0.29, 0.717) is 11.2 Å². The third-order valence-corrected chi connectivity index (χ3v) is 4.70. The molecule has 1 aromatic heterocycles. The Morgan fingerprint density at radius 2 is 2.04 bits per heavy atom. The Balaban J connectivity index is 1.74. The number of carbonyl (C=O) groups excluding carboxylic acids is 1. The Hall–Kier alpha value is -2.14. The number of nitrogens with one attached hydrogen (secondary N) is 1. The van der Waals surface area contributed by atoms with Gasteiger partial charge in [-0.25, -0.2) is 4.79 Å². The molecule has 2 heterocycles. The highest BCUT2D eigenvalue weighted by atomic mass is 32.1. The molecule has 1 saturated heterocycles. The van der Waals surface area contributed by atoms with E-state index in [1.54, 1.807) is 0 Å². The second-order valence-electron chi connectivity index (χ2n) is 6.15. The Morgan fingerprint density at radius 3 is 2.79 bits per heavy atom. The number of nitrogens with zero attached hydrogens (tertiary/aromatic N) is 1. The number of aromatic amines is 1. The van der Waals surface area contributed by atoms with Crippen LogP contribution in [0.25, 0.3) is 0 Å². The molecule has 1 fully saturated rings. The highest BCUT2D eigenvalue weighted by molar-refractivity contribution is 7.71. The van der Waals surface area contributed by atoms with Gasteiger partial charge in [0, 0.05) is 12.2 Å². The summed E-state index contributed by atoms with van der Waals surface area (Å²) in [5.74, 6) is 0. The van der Waals surface area contributed by atoms with Gasteiger partial charge in [-0.3, -0.25) is 0 Å². The molecule has 1 aliphatic heterocycles. The van der Waals surface area contributed by atoms with Crippen molar-refractivity contribution in [2.24, 2.45) is 0 Å². The fourth-order valence-electron chi connectivity index (χ4n) is 3.23. The average Bonchev–Trinajstić information content (AvgIpc) is 2.61. The molecule has 2 aromatic rings. The van der Waals surface area contributed by atoms with Crippen molar-refractivity contribution >= 4 is 18.3 Å². The predicted molar refractivity (Wildman–Crippen MR) is 96.3 cm³/mol. The van der Waals surface area contributed by atoms with Crippen LogP contribution in [0, 0.1) is 11.6 Å². The van der Waals surface area contributed by atoms with Gasteiger partial charge in [0.2, 0.25) is 0 Å². The van der Waals surface area contributed by atoms with Crippen LogP contribution in [-0.2, 0) is 11.3 Å². The molecule has 4 nitrogen and oxygen atoms in total. The van der Waals surface area contributed by atoms with E-state index in [-0.39, 0.29) is 12.1 Å². The summed E-state index contributed by atoms with van der Waals surface area (Å²) in [7, 11) is 0. The zero-order valence-electron chi connectivity index (χ0n) is 13.8. The number of pyridine rings is 1. The Kier molecular flexibility index (Phi) is 5.30. The van der Waals surface area contributed by atoms with Crippen molar-refractivity contribution in [3.8, 4) is 0 Å². The van der Waals surface area contributed by atoms with Crippen LogP contribution >= 0.6 is 12.2 Å². The first-order chi connectivity index (χ1) is 11.6. The van der Waals surface area contributed by atoms with Gasteiger partial charge in [-0.15, -0.1) is 0 Å². The number of aryl methyl sites for hydroxylation is 1. The molecule has 0 aliphatic carbocycles. The normalized spacial score (nSPS) is 17.5. The lowest BCUT2D eigenvalue weighted by atomic mass is 9.95.